The van der Waals surface area contributed by atoms with Crippen LogP contribution in [0.15, 0.2) is 57.7 Å². The molecule has 7 nitrogen and oxygen atoms in total. The number of carbonyl (C=O) groups excluding carboxylic acids is 2. The molecule has 1 atom stereocenters. The highest BCUT2D eigenvalue weighted by molar-refractivity contribution is 7.98. The summed E-state index contributed by atoms with van der Waals surface area (Å²) in [6.07, 6.45) is 2.29. The summed E-state index contributed by atoms with van der Waals surface area (Å²) in [5, 5.41) is 12.9. The third-order valence-electron chi connectivity index (χ3n) is 4.33. The molecular formula is C22H21NO6S. The first-order valence-corrected chi connectivity index (χ1v) is 10.6. The third-order valence-corrected chi connectivity index (χ3v) is 4.98. The lowest BCUT2D eigenvalue weighted by Crippen LogP contribution is -2.42. The first-order chi connectivity index (χ1) is 14.4. The van der Waals surface area contributed by atoms with E-state index in [4.69, 9.17) is 9.15 Å². The Bertz CT molecular complexity index is 1130. The van der Waals surface area contributed by atoms with Crippen molar-refractivity contribution in [3.63, 3.8) is 0 Å². The number of fused-ring (bicyclic) bond motifs is 1. The second kappa shape index (κ2) is 9.49. The molecule has 8 heteroatoms. The minimum absolute atomic E-state index is 0.00438. The number of aromatic hydroxyl groups is 1. The van der Waals surface area contributed by atoms with Gasteiger partial charge in [-0.25, -0.2) is 4.79 Å². The molecule has 156 valence electrons. The van der Waals surface area contributed by atoms with Crippen molar-refractivity contribution >= 4 is 34.6 Å². The molecule has 3 aromatic rings. The van der Waals surface area contributed by atoms with Gasteiger partial charge in [-0.05, 0) is 18.4 Å². The zero-order chi connectivity index (χ0) is 21.7. The van der Waals surface area contributed by atoms with Crippen LogP contribution in [0, 0.1) is 0 Å². The van der Waals surface area contributed by atoms with Crippen LogP contribution in [0.2, 0.25) is 0 Å². The summed E-state index contributed by atoms with van der Waals surface area (Å²) in [5.74, 6) is -0.385. The molecule has 0 radical (unpaired) electrons. The Labute approximate surface area is 177 Å². The molecule has 1 amide bonds. The number of rotatable bonds is 7. The van der Waals surface area contributed by atoms with Gasteiger partial charge in [0.15, 0.2) is 5.43 Å². The molecule has 0 aliphatic heterocycles. The van der Waals surface area contributed by atoms with E-state index in [1.807, 2.05) is 24.5 Å². The molecule has 2 aromatic carbocycles. The number of hydrogen-bond acceptors (Lipinski definition) is 7. The standard InChI is InChI=1S/C22H21NO6S/c1-13(24)23-16(8-9-30-2)22(27)28-15-10-17(25)21-18(26)12-19(29-20(21)11-15)14-6-4-3-5-7-14/h3-7,10-12,16,25H,8-9H2,1-2H3,(H,23,24). The lowest BCUT2D eigenvalue weighted by Gasteiger charge is -2.16. The highest BCUT2D eigenvalue weighted by Gasteiger charge is 2.22. The van der Waals surface area contributed by atoms with E-state index in [-0.39, 0.29) is 28.4 Å². The zero-order valence-corrected chi connectivity index (χ0v) is 17.3. The van der Waals surface area contributed by atoms with Crippen molar-refractivity contribution in [1.82, 2.24) is 5.32 Å². The number of esters is 1. The first-order valence-electron chi connectivity index (χ1n) is 9.23. The van der Waals surface area contributed by atoms with Gasteiger partial charge in [0.2, 0.25) is 5.91 Å². The SMILES string of the molecule is CSCCC(NC(C)=O)C(=O)Oc1cc(O)c2c(=O)cc(-c3ccccc3)oc2c1. The minimum atomic E-state index is -0.824. The first kappa shape index (κ1) is 21.4. The molecule has 0 bridgehead atoms. The van der Waals surface area contributed by atoms with E-state index in [1.165, 1.54) is 36.9 Å². The van der Waals surface area contributed by atoms with Gasteiger partial charge in [0, 0.05) is 30.7 Å². The van der Waals surface area contributed by atoms with Crippen LogP contribution < -0.4 is 15.5 Å². The Morgan fingerprint density at radius 3 is 2.60 bits per heavy atom. The van der Waals surface area contributed by atoms with Gasteiger partial charge in [0.25, 0.3) is 0 Å². The van der Waals surface area contributed by atoms with Gasteiger partial charge >= 0.3 is 5.97 Å². The van der Waals surface area contributed by atoms with Gasteiger partial charge < -0.3 is 19.6 Å². The molecule has 0 spiro atoms. The number of hydrogen-bond donors (Lipinski definition) is 2. The fraction of sp³-hybridized carbons (Fsp3) is 0.227. The average Bonchev–Trinajstić information content (AvgIpc) is 2.70. The second-order valence-electron chi connectivity index (χ2n) is 6.61. The molecule has 0 aliphatic carbocycles. The Kier molecular flexibility index (Phi) is 6.79. The minimum Gasteiger partial charge on any atom is -0.507 e. The average molecular weight is 427 g/mol. The summed E-state index contributed by atoms with van der Waals surface area (Å²) in [5.41, 5.74) is 0.368. The van der Waals surface area contributed by atoms with Crippen LogP contribution in [0.5, 0.6) is 11.5 Å². The number of nitrogens with one attached hydrogen (secondary N) is 1. The molecule has 0 saturated carbocycles. The summed E-state index contributed by atoms with van der Waals surface area (Å²) < 4.78 is 11.2. The molecule has 1 heterocycles. The maximum Gasteiger partial charge on any atom is 0.334 e. The Morgan fingerprint density at radius 1 is 1.20 bits per heavy atom. The van der Waals surface area contributed by atoms with Crippen molar-refractivity contribution in [2.45, 2.75) is 19.4 Å². The number of benzene rings is 2. The largest absolute Gasteiger partial charge is 0.507 e. The number of ether oxygens (including phenoxy) is 1. The van der Waals surface area contributed by atoms with Crippen molar-refractivity contribution in [1.29, 1.82) is 0 Å². The topological polar surface area (TPSA) is 106 Å². The molecule has 2 N–H and O–H groups in total. The third kappa shape index (κ3) is 5.01. The lowest BCUT2D eigenvalue weighted by atomic mass is 10.1. The lowest BCUT2D eigenvalue weighted by molar-refractivity contribution is -0.139. The van der Waals surface area contributed by atoms with E-state index in [0.717, 1.165) is 0 Å². The van der Waals surface area contributed by atoms with Gasteiger partial charge in [0.05, 0.1) is 0 Å². The van der Waals surface area contributed by atoms with Crippen LogP contribution in [0.25, 0.3) is 22.3 Å². The number of amides is 1. The van der Waals surface area contributed by atoms with E-state index in [1.54, 1.807) is 12.1 Å². The number of phenolic OH excluding ortho intramolecular Hbond substituents is 1. The molecule has 0 aliphatic rings. The van der Waals surface area contributed by atoms with Crippen LogP contribution >= 0.6 is 11.8 Å². The number of carbonyl (C=O) groups is 2. The molecule has 0 saturated heterocycles. The van der Waals surface area contributed by atoms with E-state index >= 15 is 0 Å². The van der Waals surface area contributed by atoms with E-state index in [0.29, 0.717) is 23.5 Å². The molecule has 0 fully saturated rings. The van der Waals surface area contributed by atoms with Crippen molar-refractivity contribution in [2.24, 2.45) is 0 Å². The zero-order valence-electron chi connectivity index (χ0n) is 16.5. The van der Waals surface area contributed by atoms with Crippen molar-refractivity contribution in [2.75, 3.05) is 12.0 Å². The summed E-state index contributed by atoms with van der Waals surface area (Å²) >= 11 is 1.54. The predicted octanol–water partition coefficient (Wildman–Crippen LogP) is 3.33. The van der Waals surface area contributed by atoms with Crippen LogP contribution in [0.1, 0.15) is 13.3 Å². The molecule has 3 rings (SSSR count). The smallest absolute Gasteiger partial charge is 0.334 e. The van der Waals surface area contributed by atoms with Crippen LogP contribution in [-0.2, 0) is 9.59 Å². The van der Waals surface area contributed by atoms with Crippen molar-refractivity contribution in [3.05, 3.63) is 58.8 Å². The number of phenols is 1. The van der Waals surface area contributed by atoms with Gasteiger partial charge in [-0.2, -0.15) is 11.8 Å². The van der Waals surface area contributed by atoms with Crippen molar-refractivity contribution < 1.29 is 23.8 Å². The van der Waals surface area contributed by atoms with Gasteiger partial charge in [0.1, 0.15) is 34.3 Å². The molecular weight excluding hydrogens is 406 g/mol. The van der Waals surface area contributed by atoms with Crippen LogP contribution in [0.4, 0.5) is 0 Å². The maximum atomic E-state index is 12.5. The van der Waals surface area contributed by atoms with Gasteiger partial charge in [-0.15, -0.1) is 0 Å². The second-order valence-corrected chi connectivity index (χ2v) is 7.60. The number of thioether (sulfide) groups is 1. The van der Waals surface area contributed by atoms with E-state index in [9.17, 15) is 19.5 Å². The summed E-state index contributed by atoms with van der Waals surface area (Å²) in [6, 6.07) is 12.1. The highest BCUT2D eigenvalue weighted by Crippen LogP contribution is 2.31. The molecule has 30 heavy (non-hydrogen) atoms. The fourth-order valence-corrected chi connectivity index (χ4v) is 3.44. The van der Waals surface area contributed by atoms with Gasteiger partial charge in [-0.1, -0.05) is 30.3 Å². The summed E-state index contributed by atoms with van der Waals surface area (Å²) in [6.45, 7) is 1.32. The Balaban J connectivity index is 1.95. The molecule has 1 aromatic heterocycles. The van der Waals surface area contributed by atoms with Crippen LogP contribution in [0.3, 0.4) is 0 Å². The Hall–Kier alpha value is -3.26. The van der Waals surface area contributed by atoms with Gasteiger partial charge in [-0.3, -0.25) is 9.59 Å². The predicted molar refractivity (Wildman–Crippen MR) is 116 cm³/mol. The normalized spacial score (nSPS) is 11.8. The Morgan fingerprint density at radius 2 is 1.93 bits per heavy atom. The van der Waals surface area contributed by atoms with E-state index in [2.05, 4.69) is 5.32 Å². The van der Waals surface area contributed by atoms with E-state index < -0.39 is 17.4 Å². The summed E-state index contributed by atoms with van der Waals surface area (Å²) in [4.78, 5) is 36.4. The summed E-state index contributed by atoms with van der Waals surface area (Å²) in [7, 11) is 0. The quantitative estimate of drug-likeness (QED) is 0.440. The van der Waals surface area contributed by atoms with Crippen LogP contribution in [-0.4, -0.2) is 35.0 Å². The van der Waals surface area contributed by atoms with Crippen molar-refractivity contribution in [3.8, 4) is 22.8 Å². The maximum absolute atomic E-state index is 12.5. The fourth-order valence-electron chi connectivity index (χ4n) is 2.96. The monoisotopic (exact) mass is 427 g/mol. The molecule has 1 unspecified atom stereocenters. The highest BCUT2D eigenvalue weighted by atomic mass is 32.2.